The molecule has 0 aliphatic carbocycles. The van der Waals surface area contributed by atoms with Gasteiger partial charge in [0.25, 0.3) is 0 Å². The van der Waals surface area contributed by atoms with Crippen LogP contribution in [0.5, 0.6) is 0 Å². The van der Waals surface area contributed by atoms with E-state index in [1.165, 1.54) is 7.11 Å². The summed E-state index contributed by atoms with van der Waals surface area (Å²) in [5.41, 5.74) is -0.380. The Hall–Kier alpha value is -1.33. The van der Waals surface area contributed by atoms with E-state index in [1.54, 1.807) is 45.6 Å². The molecule has 0 atom stereocenters. The Balaban J connectivity index is 2.67. The molecule has 0 fully saturated rings. The van der Waals surface area contributed by atoms with E-state index in [9.17, 15) is 9.90 Å². The van der Waals surface area contributed by atoms with E-state index in [2.05, 4.69) is 4.74 Å². The third-order valence-corrected chi connectivity index (χ3v) is 3.29. The minimum absolute atomic E-state index is 0.371. The number of carbonyl (C=O) groups is 1. The number of aliphatic hydroxyl groups is 1. The second kappa shape index (κ2) is 5.76. The van der Waals surface area contributed by atoms with Crippen molar-refractivity contribution in [1.82, 2.24) is 0 Å². The molecular weight excluding hydrogens is 243 g/mol. The van der Waals surface area contributed by atoms with Crippen LogP contribution in [0.25, 0.3) is 0 Å². The number of methoxy groups -OCH3 is 1. The van der Waals surface area contributed by atoms with Gasteiger partial charge in [0.2, 0.25) is 0 Å². The fourth-order valence-electron chi connectivity index (χ4n) is 1.18. The van der Waals surface area contributed by atoms with Gasteiger partial charge in [0.1, 0.15) is 0 Å². The molecule has 1 rings (SSSR count). The lowest BCUT2D eigenvalue weighted by Gasteiger charge is -2.37. The Morgan fingerprint density at radius 1 is 1.16 bits per heavy atom. The van der Waals surface area contributed by atoms with E-state index in [0.29, 0.717) is 5.56 Å². The quantitative estimate of drug-likeness (QED) is 0.642. The zero-order valence-electron chi connectivity index (χ0n) is 12.1. The summed E-state index contributed by atoms with van der Waals surface area (Å²) in [6.45, 7) is 7.01. The molecule has 0 unspecified atom stereocenters. The van der Waals surface area contributed by atoms with E-state index >= 15 is 0 Å². The summed E-state index contributed by atoms with van der Waals surface area (Å²) in [7, 11) is 2.91. The van der Waals surface area contributed by atoms with Gasteiger partial charge in [-0.2, -0.15) is 0 Å². The summed E-state index contributed by atoms with van der Waals surface area (Å²) in [4.78, 5) is 11.3. The van der Waals surface area contributed by atoms with Crippen molar-refractivity contribution in [2.75, 3.05) is 7.11 Å². The zero-order valence-corrected chi connectivity index (χ0v) is 12.1. The summed E-state index contributed by atoms with van der Waals surface area (Å²) in [6.07, 6.45) is 0. The summed E-state index contributed by atoms with van der Waals surface area (Å²) >= 11 is 0. The van der Waals surface area contributed by atoms with Crippen molar-refractivity contribution in [2.45, 2.75) is 38.9 Å². The van der Waals surface area contributed by atoms with Gasteiger partial charge in [0.15, 0.2) is 0 Å². The van der Waals surface area contributed by atoms with Crippen LogP contribution in [0.15, 0.2) is 24.3 Å². The first-order valence-corrected chi connectivity index (χ1v) is 6.09. The molecule has 103 valence electrons. The molecule has 1 N–H and O–H groups in total. The molecule has 0 amide bonds. The van der Waals surface area contributed by atoms with Crippen molar-refractivity contribution < 1.29 is 19.3 Å². The van der Waals surface area contributed by atoms with Crippen LogP contribution in [-0.4, -0.2) is 36.9 Å². The Morgan fingerprint density at radius 3 is 2.11 bits per heavy atom. The van der Waals surface area contributed by atoms with Crippen molar-refractivity contribution in [2.24, 2.45) is 0 Å². The summed E-state index contributed by atoms with van der Waals surface area (Å²) in [5, 5.41) is 9.97. The molecule has 0 spiro atoms. The Labute approximate surface area is 115 Å². The van der Waals surface area contributed by atoms with E-state index < -0.39 is 11.2 Å². The first-order valence-electron chi connectivity index (χ1n) is 6.09. The largest absolute Gasteiger partial charge is 0.465 e. The molecular formula is C14H20BO4. The molecule has 4 nitrogen and oxygen atoms in total. The molecule has 0 aliphatic rings. The minimum atomic E-state index is -0.963. The van der Waals surface area contributed by atoms with Crippen LogP contribution < -0.4 is 5.46 Å². The third kappa shape index (κ3) is 4.08. The lowest BCUT2D eigenvalue weighted by Crippen LogP contribution is -2.49. The van der Waals surface area contributed by atoms with E-state index in [0.717, 1.165) is 5.46 Å². The smallest absolute Gasteiger partial charge is 0.337 e. The maximum atomic E-state index is 11.3. The van der Waals surface area contributed by atoms with Gasteiger partial charge in [-0.3, -0.25) is 0 Å². The SMILES string of the molecule is COC(=O)c1ccc([B]OC(C)(C)C(C)(C)O)cc1. The van der Waals surface area contributed by atoms with Gasteiger partial charge in [-0.15, -0.1) is 0 Å². The topological polar surface area (TPSA) is 55.8 Å². The number of carbonyl (C=O) groups excluding carboxylic acids is 1. The Kier molecular flexibility index (Phi) is 4.77. The molecule has 0 bridgehead atoms. The van der Waals surface area contributed by atoms with Crippen LogP contribution in [0.4, 0.5) is 0 Å². The highest BCUT2D eigenvalue weighted by atomic mass is 16.5. The highest BCUT2D eigenvalue weighted by Gasteiger charge is 2.35. The molecule has 0 saturated heterocycles. The predicted molar refractivity (Wildman–Crippen MR) is 74.6 cm³/mol. The number of benzene rings is 1. The standard InChI is InChI=1S/C14H20BO4/c1-13(2,17)14(3,4)19-15-11-8-6-10(7-9-11)12(16)18-5/h6-9,17H,1-5H3. The van der Waals surface area contributed by atoms with Gasteiger partial charge in [-0.05, 0) is 39.8 Å². The second-order valence-electron chi connectivity index (χ2n) is 5.42. The molecule has 0 aromatic heterocycles. The summed E-state index contributed by atoms with van der Waals surface area (Å²) in [6, 6.07) is 6.84. The fourth-order valence-corrected chi connectivity index (χ4v) is 1.18. The van der Waals surface area contributed by atoms with Crippen molar-refractivity contribution >= 4 is 18.9 Å². The number of rotatable bonds is 5. The van der Waals surface area contributed by atoms with Crippen LogP contribution in [0.1, 0.15) is 38.1 Å². The molecule has 5 heteroatoms. The van der Waals surface area contributed by atoms with Crippen LogP contribution in [0, 0.1) is 0 Å². The maximum Gasteiger partial charge on any atom is 0.337 e. The molecule has 0 heterocycles. The van der Waals surface area contributed by atoms with Crippen LogP contribution in [-0.2, 0) is 9.39 Å². The second-order valence-corrected chi connectivity index (χ2v) is 5.42. The molecule has 1 radical (unpaired) electrons. The third-order valence-electron chi connectivity index (χ3n) is 3.29. The van der Waals surface area contributed by atoms with E-state index in [4.69, 9.17) is 4.65 Å². The number of hydrogen-bond acceptors (Lipinski definition) is 4. The normalized spacial score (nSPS) is 12.1. The first-order chi connectivity index (χ1) is 8.67. The van der Waals surface area contributed by atoms with Crippen molar-refractivity contribution in [3.8, 4) is 0 Å². The molecule has 1 aromatic rings. The molecule has 19 heavy (non-hydrogen) atoms. The van der Waals surface area contributed by atoms with Crippen LogP contribution >= 0.6 is 0 Å². The Bertz CT molecular complexity index is 432. The average molecular weight is 263 g/mol. The summed E-state index contributed by atoms with van der Waals surface area (Å²) < 4.78 is 10.2. The number of ether oxygens (including phenoxy) is 1. The van der Waals surface area contributed by atoms with Crippen molar-refractivity contribution in [3.63, 3.8) is 0 Å². The lowest BCUT2D eigenvalue weighted by atomic mass is 9.82. The number of hydrogen-bond donors (Lipinski definition) is 1. The minimum Gasteiger partial charge on any atom is -0.465 e. The Morgan fingerprint density at radius 2 is 1.68 bits per heavy atom. The van der Waals surface area contributed by atoms with E-state index in [-0.39, 0.29) is 5.97 Å². The van der Waals surface area contributed by atoms with Gasteiger partial charge in [-0.25, -0.2) is 4.79 Å². The summed E-state index contributed by atoms with van der Waals surface area (Å²) in [5.74, 6) is -0.371. The zero-order chi connectivity index (χ0) is 14.7. The highest BCUT2D eigenvalue weighted by Crippen LogP contribution is 2.24. The van der Waals surface area contributed by atoms with Crippen LogP contribution in [0.2, 0.25) is 0 Å². The van der Waals surface area contributed by atoms with Gasteiger partial charge >= 0.3 is 13.5 Å². The highest BCUT2D eigenvalue weighted by molar-refractivity contribution is 6.47. The number of esters is 1. The molecule has 1 aromatic carbocycles. The first kappa shape index (κ1) is 15.7. The van der Waals surface area contributed by atoms with E-state index in [1.807, 2.05) is 13.8 Å². The molecule has 0 saturated carbocycles. The average Bonchev–Trinajstić information content (AvgIpc) is 2.35. The van der Waals surface area contributed by atoms with Crippen molar-refractivity contribution in [1.29, 1.82) is 0 Å². The van der Waals surface area contributed by atoms with Crippen LogP contribution in [0.3, 0.4) is 0 Å². The fraction of sp³-hybridized carbons (Fsp3) is 0.500. The maximum absolute atomic E-state index is 11.3. The van der Waals surface area contributed by atoms with Gasteiger partial charge in [0, 0.05) is 0 Å². The van der Waals surface area contributed by atoms with Gasteiger partial charge in [0.05, 0.1) is 23.9 Å². The monoisotopic (exact) mass is 263 g/mol. The van der Waals surface area contributed by atoms with Crippen molar-refractivity contribution in [3.05, 3.63) is 29.8 Å². The molecule has 0 aliphatic heterocycles. The van der Waals surface area contributed by atoms with Gasteiger partial charge < -0.3 is 14.5 Å². The van der Waals surface area contributed by atoms with Gasteiger partial charge in [-0.1, -0.05) is 17.6 Å². The lowest BCUT2D eigenvalue weighted by molar-refractivity contribution is -0.0893. The predicted octanol–water partition coefficient (Wildman–Crippen LogP) is 1.28.